The number of rotatable bonds is 8. The number of benzene rings is 1. The number of halogens is 1. The first kappa shape index (κ1) is 23.6. The van der Waals surface area contributed by atoms with E-state index in [-0.39, 0.29) is 17.8 Å². The lowest BCUT2D eigenvalue weighted by Gasteiger charge is -2.40. The fraction of sp³-hybridized carbons (Fsp3) is 0.462. The number of nitrogens with zero attached hydrogens (tertiary/aromatic N) is 4. The van der Waals surface area contributed by atoms with Crippen LogP contribution in [0.4, 0.5) is 4.39 Å². The Hall–Kier alpha value is -2.51. The molecule has 5 nitrogen and oxygen atoms in total. The third-order valence-corrected chi connectivity index (χ3v) is 7.74. The average Bonchev–Trinajstić information content (AvgIpc) is 3.48. The predicted octanol–water partition coefficient (Wildman–Crippen LogP) is 5.01. The van der Waals surface area contributed by atoms with Gasteiger partial charge in [0.1, 0.15) is 5.82 Å². The zero-order chi connectivity index (χ0) is 23.4. The largest absolute Gasteiger partial charge is 0.337 e. The Morgan fingerprint density at radius 1 is 1.21 bits per heavy atom. The number of aromatic nitrogens is 2. The summed E-state index contributed by atoms with van der Waals surface area (Å²) in [5.74, 6) is 0.158. The van der Waals surface area contributed by atoms with Crippen molar-refractivity contribution in [1.29, 1.82) is 0 Å². The second-order valence-corrected chi connectivity index (χ2v) is 9.91. The lowest BCUT2D eigenvalue weighted by Crippen LogP contribution is -2.47. The molecule has 1 aliphatic rings. The summed E-state index contributed by atoms with van der Waals surface area (Å²) < 4.78 is 16.5. The molecule has 1 fully saturated rings. The molecule has 0 N–H and O–H groups in total. The molecule has 1 atom stereocenters. The van der Waals surface area contributed by atoms with E-state index in [0.717, 1.165) is 49.6 Å². The van der Waals surface area contributed by atoms with E-state index in [1.807, 2.05) is 46.3 Å². The molecule has 176 valence electrons. The fourth-order valence-electron chi connectivity index (χ4n) is 4.85. The Bertz CT molecular complexity index is 1060. The molecule has 0 bridgehead atoms. The molecule has 0 spiro atoms. The average molecular weight is 469 g/mol. The quantitative estimate of drug-likeness (QED) is 0.467. The molecule has 3 heterocycles. The van der Waals surface area contributed by atoms with Crippen LogP contribution in [0.2, 0.25) is 0 Å². The van der Waals surface area contributed by atoms with Gasteiger partial charge in [0.15, 0.2) is 0 Å². The maximum absolute atomic E-state index is 14.5. The highest BCUT2D eigenvalue weighted by Crippen LogP contribution is 2.29. The van der Waals surface area contributed by atoms with Gasteiger partial charge in [-0.15, -0.1) is 11.3 Å². The standard InChI is InChI=1S/C26H33FN4OS/c1-4-31-18-22(19(2)28-31)17-30-13-11-20(12-14-30)24(16-21-8-5-6-9-23(21)27)29(3)26(32)25-10-7-15-33-25/h5-10,15,18,20,24H,4,11-14,16-17H2,1-3H3/t24-/m0/s1. The molecule has 2 aromatic heterocycles. The maximum Gasteiger partial charge on any atom is 0.263 e. The number of hydrogen-bond acceptors (Lipinski definition) is 4. The Labute approximate surface area is 199 Å². The number of carbonyl (C=O) groups excluding carboxylic acids is 1. The Kier molecular flexibility index (Phi) is 7.60. The van der Waals surface area contributed by atoms with Crippen LogP contribution >= 0.6 is 11.3 Å². The van der Waals surface area contributed by atoms with Crippen LogP contribution in [-0.4, -0.2) is 51.7 Å². The van der Waals surface area contributed by atoms with Crippen molar-refractivity contribution in [2.75, 3.05) is 20.1 Å². The molecule has 0 radical (unpaired) electrons. The number of likely N-dealkylation sites (N-methyl/N-ethyl adjacent to an activating group) is 1. The van der Waals surface area contributed by atoms with Crippen LogP contribution in [0.3, 0.4) is 0 Å². The molecule has 1 aromatic carbocycles. The van der Waals surface area contributed by atoms with E-state index in [1.54, 1.807) is 6.07 Å². The molecule has 1 saturated heterocycles. The molecule has 0 saturated carbocycles. The molecule has 7 heteroatoms. The number of likely N-dealkylation sites (tertiary alicyclic amines) is 1. The third-order valence-electron chi connectivity index (χ3n) is 6.88. The van der Waals surface area contributed by atoms with Gasteiger partial charge < -0.3 is 4.90 Å². The van der Waals surface area contributed by atoms with Crippen LogP contribution in [0.25, 0.3) is 0 Å². The minimum Gasteiger partial charge on any atom is -0.337 e. The minimum atomic E-state index is -0.194. The molecule has 1 aliphatic heterocycles. The van der Waals surface area contributed by atoms with Crippen LogP contribution in [0, 0.1) is 18.7 Å². The highest BCUT2D eigenvalue weighted by atomic mass is 32.1. The van der Waals surface area contributed by atoms with Crippen LogP contribution in [-0.2, 0) is 19.5 Å². The van der Waals surface area contributed by atoms with Gasteiger partial charge in [0.2, 0.25) is 0 Å². The van der Waals surface area contributed by atoms with Crippen molar-refractivity contribution in [3.8, 4) is 0 Å². The number of carbonyl (C=O) groups is 1. The lowest BCUT2D eigenvalue weighted by molar-refractivity contribution is 0.0587. The van der Waals surface area contributed by atoms with E-state index in [9.17, 15) is 9.18 Å². The molecular weight excluding hydrogens is 435 g/mol. The van der Waals surface area contributed by atoms with Crippen molar-refractivity contribution in [3.63, 3.8) is 0 Å². The third kappa shape index (κ3) is 5.53. The van der Waals surface area contributed by atoms with Gasteiger partial charge >= 0.3 is 0 Å². The molecule has 33 heavy (non-hydrogen) atoms. The van der Waals surface area contributed by atoms with Crippen LogP contribution in [0.1, 0.15) is 46.3 Å². The van der Waals surface area contributed by atoms with E-state index in [1.165, 1.54) is 23.0 Å². The fourth-order valence-corrected chi connectivity index (χ4v) is 5.55. The number of hydrogen-bond donors (Lipinski definition) is 0. The van der Waals surface area contributed by atoms with Gasteiger partial charge in [-0.3, -0.25) is 14.4 Å². The van der Waals surface area contributed by atoms with Crippen molar-refractivity contribution >= 4 is 17.2 Å². The number of thiophene rings is 1. The monoisotopic (exact) mass is 468 g/mol. The number of aryl methyl sites for hydroxylation is 2. The molecule has 4 rings (SSSR count). The summed E-state index contributed by atoms with van der Waals surface area (Å²) in [7, 11) is 1.88. The maximum atomic E-state index is 14.5. The van der Waals surface area contributed by atoms with Gasteiger partial charge in [0.05, 0.1) is 10.6 Å². The summed E-state index contributed by atoms with van der Waals surface area (Å²) in [5.41, 5.74) is 3.05. The smallest absolute Gasteiger partial charge is 0.263 e. The van der Waals surface area contributed by atoms with Gasteiger partial charge in [-0.05, 0) is 75.2 Å². The molecular formula is C26H33FN4OS. The first-order valence-corrected chi connectivity index (χ1v) is 12.6. The minimum absolute atomic E-state index is 0.0244. The first-order chi connectivity index (χ1) is 16.0. The van der Waals surface area contributed by atoms with Crippen molar-refractivity contribution in [2.24, 2.45) is 5.92 Å². The summed E-state index contributed by atoms with van der Waals surface area (Å²) in [6.45, 7) is 7.90. The van der Waals surface area contributed by atoms with E-state index in [2.05, 4.69) is 30.0 Å². The first-order valence-electron chi connectivity index (χ1n) is 11.8. The van der Waals surface area contributed by atoms with Crippen molar-refractivity contribution in [3.05, 3.63) is 75.5 Å². The Morgan fingerprint density at radius 3 is 2.61 bits per heavy atom. The summed E-state index contributed by atoms with van der Waals surface area (Å²) in [4.78, 5) is 18.2. The van der Waals surface area contributed by atoms with Gasteiger partial charge in [-0.2, -0.15) is 5.10 Å². The molecule has 0 unspecified atom stereocenters. The van der Waals surface area contributed by atoms with Gasteiger partial charge in [-0.25, -0.2) is 4.39 Å². The van der Waals surface area contributed by atoms with Crippen LogP contribution in [0.5, 0.6) is 0 Å². The van der Waals surface area contributed by atoms with E-state index in [4.69, 9.17) is 0 Å². The van der Waals surface area contributed by atoms with Crippen molar-refractivity contribution < 1.29 is 9.18 Å². The summed E-state index contributed by atoms with van der Waals surface area (Å²) >= 11 is 1.46. The Balaban J connectivity index is 1.47. The Morgan fingerprint density at radius 2 is 1.97 bits per heavy atom. The second kappa shape index (κ2) is 10.6. The van der Waals surface area contributed by atoms with Crippen molar-refractivity contribution in [1.82, 2.24) is 19.6 Å². The highest BCUT2D eigenvalue weighted by molar-refractivity contribution is 7.12. The normalized spacial score (nSPS) is 16.1. The number of piperidine rings is 1. The topological polar surface area (TPSA) is 41.4 Å². The zero-order valence-corrected chi connectivity index (χ0v) is 20.5. The van der Waals surface area contributed by atoms with Crippen molar-refractivity contribution in [2.45, 2.75) is 52.2 Å². The second-order valence-electron chi connectivity index (χ2n) is 8.97. The van der Waals surface area contributed by atoms with Crippen LogP contribution < -0.4 is 0 Å². The summed E-state index contributed by atoms with van der Waals surface area (Å²) in [6, 6.07) is 10.7. The molecule has 1 amide bonds. The van der Waals surface area contributed by atoms with Gasteiger partial charge in [0.25, 0.3) is 5.91 Å². The van der Waals surface area contributed by atoms with Crippen LogP contribution in [0.15, 0.2) is 48.0 Å². The molecule has 3 aromatic rings. The lowest BCUT2D eigenvalue weighted by atomic mass is 9.84. The summed E-state index contributed by atoms with van der Waals surface area (Å²) in [6.07, 6.45) is 4.66. The number of amides is 1. The van der Waals surface area contributed by atoms with E-state index in [0.29, 0.717) is 17.9 Å². The van der Waals surface area contributed by atoms with E-state index < -0.39 is 0 Å². The molecule has 0 aliphatic carbocycles. The highest BCUT2D eigenvalue weighted by Gasteiger charge is 2.33. The summed E-state index contributed by atoms with van der Waals surface area (Å²) in [5, 5.41) is 6.50. The predicted molar refractivity (Wildman–Crippen MR) is 131 cm³/mol. The van der Waals surface area contributed by atoms with Gasteiger partial charge in [0, 0.05) is 37.9 Å². The zero-order valence-electron chi connectivity index (χ0n) is 19.7. The van der Waals surface area contributed by atoms with E-state index >= 15 is 0 Å². The van der Waals surface area contributed by atoms with Gasteiger partial charge in [-0.1, -0.05) is 24.3 Å². The SMILES string of the molecule is CCn1cc(CN2CCC([C@H](Cc3ccccc3F)N(C)C(=O)c3cccs3)CC2)c(C)n1.